The molecule has 1 saturated carbocycles. The van der Waals surface area contributed by atoms with Crippen LogP contribution in [0.1, 0.15) is 23.2 Å². The van der Waals surface area contributed by atoms with Gasteiger partial charge in [0.2, 0.25) is 10.0 Å². The summed E-state index contributed by atoms with van der Waals surface area (Å²) in [6.45, 7) is 0. The summed E-state index contributed by atoms with van der Waals surface area (Å²) < 4.78 is 65.9. The Morgan fingerprint density at radius 1 is 1.00 bits per heavy atom. The first kappa shape index (κ1) is 17.3. The van der Waals surface area contributed by atoms with Crippen molar-refractivity contribution in [3.8, 4) is 0 Å². The maximum Gasteiger partial charge on any atom is 0.257 e. The Morgan fingerprint density at radius 3 is 2.36 bits per heavy atom. The average Bonchev–Trinajstić information content (AvgIpc) is 3.36. The van der Waals surface area contributed by atoms with E-state index in [-0.39, 0.29) is 16.9 Å². The van der Waals surface area contributed by atoms with E-state index in [4.69, 9.17) is 0 Å². The second kappa shape index (κ2) is 6.40. The zero-order chi connectivity index (χ0) is 18.2. The van der Waals surface area contributed by atoms with Gasteiger partial charge in [-0.1, -0.05) is 0 Å². The molecule has 0 spiro atoms. The SMILES string of the molecule is O=C(Nc1ccc(F)c(F)c1)c1ccc(F)cc1NS(=O)(=O)C1CC1. The predicted octanol–water partition coefficient (Wildman–Crippen LogP) is 3.26. The van der Waals surface area contributed by atoms with Crippen molar-refractivity contribution in [1.82, 2.24) is 0 Å². The molecule has 0 heterocycles. The number of carbonyl (C=O) groups excluding carboxylic acids is 1. The lowest BCUT2D eigenvalue weighted by Gasteiger charge is -2.13. The number of amides is 1. The van der Waals surface area contributed by atoms with E-state index in [0.29, 0.717) is 12.8 Å². The molecule has 0 bridgehead atoms. The lowest BCUT2D eigenvalue weighted by Crippen LogP contribution is -2.21. The minimum atomic E-state index is -3.70. The fraction of sp³-hybridized carbons (Fsp3) is 0.188. The maximum absolute atomic E-state index is 13.5. The van der Waals surface area contributed by atoms with Gasteiger partial charge in [0.25, 0.3) is 5.91 Å². The highest BCUT2D eigenvalue weighted by atomic mass is 32.2. The fourth-order valence-corrected chi connectivity index (χ4v) is 3.58. The maximum atomic E-state index is 13.5. The van der Waals surface area contributed by atoms with E-state index in [1.165, 1.54) is 0 Å². The summed E-state index contributed by atoms with van der Waals surface area (Å²) in [6.07, 6.45) is 1.00. The van der Waals surface area contributed by atoms with Crippen molar-refractivity contribution in [2.45, 2.75) is 18.1 Å². The molecule has 2 aromatic rings. The molecule has 0 atom stereocenters. The third-order valence-electron chi connectivity index (χ3n) is 3.62. The van der Waals surface area contributed by atoms with E-state index < -0.39 is 38.6 Å². The second-order valence-corrected chi connectivity index (χ2v) is 7.58. The van der Waals surface area contributed by atoms with Crippen LogP contribution >= 0.6 is 0 Å². The summed E-state index contributed by atoms with van der Waals surface area (Å²) >= 11 is 0. The van der Waals surface area contributed by atoms with E-state index in [1.807, 2.05) is 0 Å². The normalized spacial score (nSPS) is 14.2. The van der Waals surface area contributed by atoms with Gasteiger partial charge in [-0.05, 0) is 43.2 Å². The Morgan fingerprint density at radius 2 is 1.72 bits per heavy atom. The Balaban J connectivity index is 1.87. The molecule has 3 rings (SSSR count). The fourth-order valence-electron chi connectivity index (χ4n) is 2.19. The Labute approximate surface area is 141 Å². The molecule has 1 aliphatic rings. The molecule has 1 aliphatic carbocycles. The van der Waals surface area contributed by atoms with Gasteiger partial charge in [-0.15, -0.1) is 0 Å². The first-order chi connectivity index (χ1) is 11.8. The Kier molecular flexibility index (Phi) is 4.42. The number of hydrogen-bond donors (Lipinski definition) is 2. The van der Waals surface area contributed by atoms with Gasteiger partial charge in [0.15, 0.2) is 11.6 Å². The van der Waals surface area contributed by atoms with Crippen molar-refractivity contribution < 1.29 is 26.4 Å². The Bertz CT molecular complexity index is 944. The van der Waals surface area contributed by atoms with E-state index in [0.717, 1.165) is 36.4 Å². The summed E-state index contributed by atoms with van der Waals surface area (Å²) in [5.41, 5.74) is -0.383. The number of carbonyl (C=O) groups is 1. The van der Waals surface area contributed by atoms with Crippen molar-refractivity contribution >= 4 is 27.3 Å². The monoisotopic (exact) mass is 370 g/mol. The summed E-state index contributed by atoms with van der Waals surface area (Å²) in [5, 5.41) is 1.76. The lowest BCUT2D eigenvalue weighted by molar-refractivity contribution is 0.102. The molecule has 0 saturated heterocycles. The van der Waals surface area contributed by atoms with Crippen molar-refractivity contribution in [2.75, 3.05) is 10.0 Å². The number of rotatable bonds is 5. The van der Waals surface area contributed by atoms with Crippen molar-refractivity contribution in [1.29, 1.82) is 0 Å². The quantitative estimate of drug-likeness (QED) is 0.848. The number of halogens is 3. The van der Waals surface area contributed by atoms with Crippen LogP contribution in [0.25, 0.3) is 0 Å². The largest absolute Gasteiger partial charge is 0.322 e. The Hall–Kier alpha value is -2.55. The smallest absolute Gasteiger partial charge is 0.257 e. The van der Waals surface area contributed by atoms with E-state index >= 15 is 0 Å². The number of nitrogens with one attached hydrogen (secondary N) is 2. The number of benzene rings is 2. The number of hydrogen-bond acceptors (Lipinski definition) is 3. The molecule has 0 aromatic heterocycles. The van der Waals surface area contributed by atoms with Gasteiger partial charge in [-0.25, -0.2) is 21.6 Å². The van der Waals surface area contributed by atoms with Crippen LogP contribution in [0.5, 0.6) is 0 Å². The zero-order valence-corrected chi connectivity index (χ0v) is 13.5. The van der Waals surface area contributed by atoms with Crippen molar-refractivity contribution in [2.24, 2.45) is 0 Å². The van der Waals surface area contributed by atoms with Crippen LogP contribution in [0.15, 0.2) is 36.4 Å². The molecule has 25 heavy (non-hydrogen) atoms. The van der Waals surface area contributed by atoms with Gasteiger partial charge >= 0.3 is 0 Å². The van der Waals surface area contributed by atoms with E-state index in [2.05, 4.69) is 10.0 Å². The van der Waals surface area contributed by atoms with Gasteiger partial charge in [-0.3, -0.25) is 9.52 Å². The van der Waals surface area contributed by atoms with Gasteiger partial charge in [0, 0.05) is 11.8 Å². The lowest BCUT2D eigenvalue weighted by atomic mass is 10.1. The van der Waals surface area contributed by atoms with Crippen LogP contribution in [-0.4, -0.2) is 19.6 Å². The van der Waals surface area contributed by atoms with Crippen LogP contribution in [-0.2, 0) is 10.0 Å². The molecule has 9 heteroatoms. The van der Waals surface area contributed by atoms with Crippen LogP contribution in [0.2, 0.25) is 0 Å². The topological polar surface area (TPSA) is 75.3 Å². The molecule has 0 unspecified atom stereocenters. The van der Waals surface area contributed by atoms with Crippen molar-refractivity contribution in [3.05, 3.63) is 59.4 Å². The van der Waals surface area contributed by atoms with Crippen LogP contribution < -0.4 is 10.0 Å². The number of anilines is 2. The molecule has 132 valence electrons. The summed E-state index contributed by atoms with van der Waals surface area (Å²) in [7, 11) is -3.70. The van der Waals surface area contributed by atoms with Crippen LogP contribution in [0, 0.1) is 17.5 Å². The summed E-state index contributed by atoms with van der Waals surface area (Å²) in [6, 6.07) is 5.76. The highest BCUT2D eigenvalue weighted by Gasteiger charge is 2.36. The average molecular weight is 370 g/mol. The molecular weight excluding hydrogens is 357 g/mol. The molecule has 1 amide bonds. The van der Waals surface area contributed by atoms with E-state index in [1.54, 1.807) is 0 Å². The molecule has 0 radical (unpaired) electrons. The van der Waals surface area contributed by atoms with Gasteiger partial charge in [0.1, 0.15) is 5.82 Å². The highest BCUT2D eigenvalue weighted by Crippen LogP contribution is 2.31. The standard InChI is InChI=1S/C16H13F3N2O3S/c17-9-1-5-12(15(7-9)21-25(23,24)11-3-4-11)16(22)20-10-2-6-13(18)14(19)8-10/h1-2,5-8,11,21H,3-4H2,(H,20,22). The van der Waals surface area contributed by atoms with Gasteiger partial charge in [0.05, 0.1) is 16.5 Å². The molecule has 2 aromatic carbocycles. The minimum absolute atomic E-state index is 0.0239. The summed E-state index contributed by atoms with van der Waals surface area (Å²) in [4.78, 5) is 12.3. The third kappa shape index (κ3) is 3.93. The third-order valence-corrected chi connectivity index (χ3v) is 5.47. The summed E-state index contributed by atoms with van der Waals surface area (Å²) in [5.74, 6) is -3.73. The van der Waals surface area contributed by atoms with Gasteiger partial charge < -0.3 is 5.32 Å². The minimum Gasteiger partial charge on any atom is -0.322 e. The van der Waals surface area contributed by atoms with Crippen LogP contribution in [0.3, 0.4) is 0 Å². The predicted molar refractivity (Wildman–Crippen MR) is 86.3 cm³/mol. The van der Waals surface area contributed by atoms with Gasteiger partial charge in [-0.2, -0.15) is 0 Å². The number of sulfonamides is 1. The van der Waals surface area contributed by atoms with Crippen molar-refractivity contribution in [3.63, 3.8) is 0 Å². The first-order valence-electron chi connectivity index (χ1n) is 7.34. The second-order valence-electron chi connectivity index (χ2n) is 5.62. The first-order valence-corrected chi connectivity index (χ1v) is 8.88. The molecule has 5 nitrogen and oxygen atoms in total. The zero-order valence-electron chi connectivity index (χ0n) is 12.7. The van der Waals surface area contributed by atoms with Crippen LogP contribution in [0.4, 0.5) is 24.5 Å². The molecular formula is C16H13F3N2O3S. The molecule has 1 fully saturated rings. The molecule has 0 aliphatic heterocycles. The van der Waals surface area contributed by atoms with E-state index in [9.17, 15) is 26.4 Å². The molecule has 2 N–H and O–H groups in total. The highest BCUT2D eigenvalue weighted by molar-refractivity contribution is 7.93.